The van der Waals surface area contributed by atoms with Gasteiger partial charge in [-0.15, -0.1) is 11.3 Å². The van der Waals surface area contributed by atoms with Gasteiger partial charge in [-0.25, -0.2) is 0 Å². The van der Waals surface area contributed by atoms with E-state index in [0.717, 1.165) is 40.2 Å². The Bertz CT molecular complexity index is 4290. The van der Waals surface area contributed by atoms with Gasteiger partial charge in [-0.1, -0.05) is 188 Å². The number of nitrogens with two attached hydrogens (primary N) is 1. The Labute approximate surface area is 442 Å². The van der Waals surface area contributed by atoms with Gasteiger partial charge in [0.05, 0.1) is 11.0 Å². The molecule has 0 aliphatic heterocycles. The van der Waals surface area contributed by atoms with E-state index in [0.29, 0.717) is 0 Å². The van der Waals surface area contributed by atoms with Crippen LogP contribution in [0.5, 0.6) is 0 Å². The molecule has 0 saturated heterocycles. The number of hydrogen-bond acceptors (Lipinski definition) is 3. The van der Waals surface area contributed by atoms with Gasteiger partial charge < -0.3 is 15.6 Å². The van der Waals surface area contributed by atoms with Crippen LogP contribution in [0.2, 0.25) is 0 Å². The van der Waals surface area contributed by atoms with Gasteiger partial charge in [0.25, 0.3) is 0 Å². The molecule has 75 heavy (non-hydrogen) atoms. The van der Waals surface area contributed by atoms with Gasteiger partial charge in [-0.05, 0) is 154 Å². The van der Waals surface area contributed by atoms with Crippen LogP contribution < -0.4 is 11.1 Å². The third-order valence-corrected chi connectivity index (χ3v) is 15.5. The van der Waals surface area contributed by atoms with Gasteiger partial charge in [0, 0.05) is 64.8 Å². The summed E-state index contributed by atoms with van der Waals surface area (Å²) < 4.78 is 5.13. The summed E-state index contributed by atoms with van der Waals surface area (Å²) in [5, 5.41) is 11.2. The van der Waals surface area contributed by atoms with Crippen molar-refractivity contribution in [1.29, 1.82) is 0 Å². The molecule has 3 nitrogen and oxygen atoms in total. The quantitative estimate of drug-likeness (QED) is 0.156. The molecule has 0 radical (unpaired) electrons. The van der Waals surface area contributed by atoms with Crippen molar-refractivity contribution in [2.75, 3.05) is 11.1 Å². The summed E-state index contributed by atoms with van der Waals surface area (Å²) in [7, 11) is 0. The molecule has 0 spiro atoms. The lowest BCUT2D eigenvalue weighted by Gasteiger charge is -2.11. The summed E-state index contributed by atoms with van der Waals surface area (Å²) in [5.41, 5.74) is 26.6. The first-order valence-electron chi connectivity index (χ1n) is 25.6. The summed E-state index contributed by atoms with van der Waals surface area (Å²) in [4.78, 5) is 0. The molecular formula is C71H55N3S. The van der Waals surface area contributed by atoms with Crippen LogP contribution in [0.4, 0.5) is 17.1 Å². The van der Waals surface area contributed by atoms with Crippen molar-refractivity contribution >= 4 is 92.3 Å². The van der Waals surface area contributed by atoms with Crippen LogP contribution in [0.3, 0.4) is 0 Å². The third kappa shape index (κ3) is 9.29. The number of benzene rings is 11. The maximum atomic E-state index is 6.49. The minimum atomic E-state index is 0.837. The highest BCUT2D eigenvalue weighted by molar-refractivity contribution is 7.25. The molecule has 1 aliphatic carbocycles. The molecule has 2 heterocycles. The predicted octanol–water partition coefficient (Wildman–Crippen LogP) is 19.7. The van der Waals surface area contributed by atoms with Gasteiger partial charge in [-0.2, -0.15) is 0 Å². The number of nitrogens with zero attached hydrogens (tertiary/aromatic N) is 1. The number of anilines is 3. The van der Waals surface area contributed by atoms with Crippen molar-refractivity contribution in [1.82, 2.24) is 4.57 Å². The molecule has 11 aromatic carbocycles. The zero-order chi connectivity index (χ0) is 50.8. The zero-order valence-electron chi connectivity index (χ0n) is 42.1. The van der Waals surface area contributed by atoms with Crippen LogP contribution in [0.1, 0.15) is 34.7 Å². The molecule has 2 aromatic heterocycles. The summed E-state index contributed by atoms with van der Waals surface area (Å²) in [6, 6.07) is 88.3. The Balaban J connectivity index is 0.000000153. The first-order chi connectivity index (χ1) is 36.8. The van der Waals surface area contributed by atoms with Crippen molar-refractivity contribution in [2.45, 2.75) is 20.3 Å². The first kappa shape index (κ1) is 46.8. The van der Waals surface area contributed by atoms with Crippen LogP contribution in [-0.2, 0) is 6.42 Å². The number of para-hydroxylation sites is 4. The van der Waals surface area contributed by atoms with Crippen molar-refractivity contribution < 1.29 is 0 Å². The number of allylic oxidation sites excluding steroid dienone is 2. The van der Waals surface area contributed by atoms with Crippen LogP contribution >= 0.6 is 11.3 Å². The maximum absolute atomic E-state index is 6.49. The van der Waals surface area contributed by atoms with Crippen LogP contribution in [0.15, 0.2) is 261 Å². The molecule has 0 fully saturated rings. The average molecular weight is 982 g/mol. The van der Waals surface area contributed by atoms with E-state index in [4.69, 9.17) is 5.73 Å². The average Bonchev–Trinajstić information content (AvgIpc) is 4.16. The smallest absolute Gasteiger partial charge is 0.0541 e. The molecule has 0 atom stereocenters. The van der Waals surface area contributed by atoms with Crippen molar-refractivity contribution in [3.8, 4) is 27.9 Å². The second-order valence-corrected chi connectivity index (χ2v) is 20.5. The minimum absolute atomic E-state index is 0.837. The van der Waals surface area contributed by atoms with Crippen LogP contribution in [0, 0.1) is 6.92 Å². The van der Waals surface area contributed by atoms with Crippen LogP contribution in [0.25, 0.3) is 91.8 Å². The Hall–Kier alpha value is -9.22. The van der Waals surface area contributed by atoms with Gasteiger partial charge in [0.2, 0.25) is 0 Å². The number of fused-ring (bicyclic) bond motifs is 10. The Morgan fingerprint density at radius 3 is 2.00 bits per heavy atom. The van der Waals surface area contributed by atoms with Crippen molar-refractivity contribution in [2.24, 2.45) is 0 Å². The van der Waals surface area contributed by atoms with E-state index in [1.807, 2.05) is 60.7 Å². The number of hydrogen-bond donors (Lipinski definition) is 2. The van der Waals surface area contributed by atoms with Gasteiger partial charge >= 0.3 is 0 Å². The van der Waals surface area contributed by atoms with Gasteiger partial charge in [-0.3, -0.25) is 0 Å². The number of nitrogens with one attached hydrogen (secondary N) is 1. The number of aryl methyl sites for hydroxylation is 1. The van der Waals surface area contributed by atoms with Gasteiger partial charge in [0.1, 0.15) is 0 Å². The minimum Gasteiger partial charge on any atom is -0.398 e. The summed E-state index contributed by atoms with van der Waals surface area (Å²) >= 11 is 1.87. The molecule has 13 aromatic rings. The Morgan fingerprint density at radius 2 is 1.16 bits per heavy atom. The van der Waals surface area contributed by atoms with E-state index in [-0.39, 0.29) is 0 Å². The third-order valence-electron chi connectivity index (χ3n) is 14.3. The first-order valence-corrected chi connectivity index (χ1v) is 26.4. The highest BCUT2D eigenvalue weighted by Gasteiger charge is 2.24. The second-order valence-electron chi connectivity index (χ2n) is 19.4. The zero-order valence-corrected chi connectivity index (χ0v) is 42.9. The maximum Gasteiger partial charge on any atom is 0.0541 e. The Kier molecular flexibility index (Phi) is 12.7. The molecule has 0 unspecified atom stereocenters. The molecule has 3 N–H and O–H groups in total. The molecule has 14 rings (SSSR count). The van der Waals surface area contributed by atoms with E-state index < -0.39 is 0 Å². The van der Waals surface area contributed by atoms with E-state index in [1.165, 1.54) is 103 Å². The van der Waals surface area contributed by atoms with E-state index in [2.05, 4.69) is 236 Å². The highest BCUT2D eigenvalue weighted by atomic mass is 32.1. The molecule has 0 bridgehead atoms. The molecule has 0 amide bonds. The summed E-state index contributed by atoms with van der Waals surface area (Å²) in [5.74, 6) is 0. The molecule has 1 aliphatic rings. The van der Waals surface area contributed by atoms with Gasteiger partial charge in [0.15, 0.2) is 0 Å². The molecule has 0 saturated carbocycles. The molecular weight excluding hydrogens is 927 g/mol. The van der Waals surface area contributed by atoms with E-state index in [1.54, 1.807) is 0 Å². The fraction of sp³-hybridized carbons (Fsp3) is 0.0423. The Morgan fingerprint density at radius 1 is 0.520 bits per heavy atom. The normalized spacial score (nSPS) is 12.1. The number of rotatable bonds is 7. The van der Waals surface area contributed by atoms with Crippen molar-refractivity contribution in [3.63, 3.8) is 0 Å². The van der Waals surface area contributed by atoms with E-state index >= 15 is 0 Å². The van der Waals surface area contributed by atoms with Crippen molar-refractivity contribution in [3.05, 3.63) is 289 Å². The second kappa shape index (κ2) is 20.4. The number of aromatic nitrogens is 1. The number of nitrogen functional groups attached to an aromatic ring is 1. The topological polar surface area (TPSA) is 43.0 Å². The molecule has 4 heteroatoms. The van der Waals surface area contributed by atoms with Crippen LogP contribution in [-0.4, -0.2) is 4.57 Å². The predicted molar refractivity (Wildman–Crippen MR) is 326 cm³/mol. The lowest BCUT2D eigenvalue weighted by molar-refractivity contribution is 1.18. The lowest BCUT2D eigenvalue weighted by Crippen LogP contribution is -1.93. The SMILES string of the molecule is C=C(C)c1ccccc1Nc1ccccc1.Cc1ccc2sc3ccccc3c2c1.Nc1cccc2c1/C(=C\Cc1ccc3cc(-c4ccc5c(c4)c4ccccc4n5-c4ccccc4)ccc3c1)c1ccccc1-2. The number of thiophene rings is 1. The summed E-state index contributed by atoms with van der Waals surface area (Å²) in [6.07, 6.45) is 3.19. The standard InChI is InChI=1S/C43H30N2.C15H15N.C13H10S/c44-40-15-8-14-37-34-11-4-5-12-35(34)38(43(37)40)23-18-28-17-19-30-26-31(21-20-29(30)25-28)32-22-24-42-39(27-32)36-13-6-7-16-41(36)45(42)33-9-2-1-3-10-33;1-12(2)14-10-6-7-11-15(14)16-13-8-4-3-5-9-13;1-9-6-7-13-11(8-9)10-4-2-3-5-12(10)14-13/h1-17,19-27H,18,44H2;3-11,16H,1H2,2H3;2-8H,1H3/b38-23-;;. The highest BCUT2D eigenvalue weighted by Crippen LogP contribution is 2.47. The fourth-order valence-corrected chi connectivity index (χ4v) is 11.8. The molecule has 360 valence electrons. The lowest BCUT2D eigenvalue weighted by atomic mass is 9.97. The van der Waals surface area contributed by atoms with E-state index in [9.17, 15) is 0 Å². The largest absolute Gasteiger partial charge is 0.398 e. The monoisotopic (exact) mass is 981 g/mol. The fourth-order valence-electron chi connectivity index (χ4n) is 10.7. The summed E-state index contributed by atoms with van der Waals surface area (Å²) in [6.45, 7) is 8.15.